The van der Waals surface area contributed by atoms with Crippen LogP contribution in [0.25, 0.3) is 10.9 Å². The van der Waals surface area contributed by atoms with Crippen LogP contribution in [0.1, 0.15) is 20.8 Å². The second-order valence-corrected chi connectivity index (χ2v) is 10.00. The molecule has 8 heteroatoms. The summed E-state index contributed by atoms with van der Waals surface area (Å²) in [5, 5.41) is 12.1. The fourth-order valence-electron chi connectivity index (χ4n) is 2.19. The van der Waals surface area contributed by atoms with Gasteiger partial charge in [-0.25, -0.2) is 0 Å². The Hall–Kier alpha value is -1.64. The molecule has 3 aromatic rings. The van der Waals surface area contributed by atoms with Gasteiger partial charge in [-0.15, -0.1) is 10.2 Å². The highest BCUT2D eigenvalue weighted by molar-refractivity contribution is 8.03. The fourth-order valence-corrected chi connectivity index (χ4v) is 5.33. The van der Waals surface area contributed by atoms with Crippen LogP contribution in [-0.2, 0) is 4.79 Å². The monoisotopic (exact) mass is 404 g/mol. The van der Waals surface area contributed by atoms with Crippen LogP contribution in [-0.4, -0.2) is 32.1 Å². The van der Waals surface area contributed by atoms with Crippen molar-refractivity contribution in [1.82, 2.24) is 15.2 Å². The number of pyridine rings is 1. The average Bonchev–Trinajstić information content (AvgIpc) is 3.07. The molecule has 0 aliphatic heterocycles. The van der Waals surface area contributed by atoms with Crippen LogP contribution in [0.3, 0.4) is 0 Å². The van der Waals surface area contributed by atoms with Crippen LogP contribution in [0, 0.1) is 5.92 Å². The summed E-state index contributed by atoms with van der Waals surface area (Å²) >= 11 is 4.69. The van der Waals surface area contributed by atoms with Gasteiger partial charge in [-0.05, 0) is 37.1 Å². The largest absolute Gasteiger partial charge is 0.324 e. The number of carbonyl (C=O) groups excluding carboxylic acids is 1. The van der Waals surface area contributed by atoms with Crippen molar-refractivity contribution >= 4 is 57.4 Å². The van der Waals surface area contributed by atoms with Crippen molar-refractivity contribution < 1.29 is 4.79 Å². The molecule has 0 radical (unpaired) electrons. The smallest absolute Gasteiger partial charge is 0.237 e. The minimum atomic E-state index is -0.266. The van der Waals surface area contributed by atoms with Crippen LogP contribution >= 0.6 is 34.9 Å². The Labute approximate surface area is 165 Å². The number of anilines is 1. The number of nitrogens with zero attached hydrogens (tertiary/aromatic N) is 3. The number of thioether (sulfide) groups is 2. The maximum absolute atomic E-state index is 12.6. The zero-order valence-electron chi connectivity index (χ0n) is 14.8. The van der Waals surface area contributed by atoms with Crippen molar-refractivity contribution in [3.63, 3.8) is 0 Å². The standard InChI is InChI=1S/C18H20N4OS3/c1-11(2)10-24-17-21-22-18(26-17)25-12(3)16(23)20-15-8-4-7-14-13(15)6-5-9-19-14/h4-9,11-12H,10H2,1-3H3,(H,20,23). The molecule has 5 nitrogen and oxygen atoms in total. The molecular formula is C18H20N4OS3. The lowest BCUT2D eigenvalue weighted by molar-refractivity contribution is -0.115. The molecule has 1 N–H and O–H groups in total. The zero-order valence-corrected chi connectivity index (χ0v) is 17.3. The van der Waals surface area contributed by atoms with Crippen molar-refractivity contribution in [2.45, 2.75) is 34.7 Å². The minimum Gasteiger partial charge on any atom is -0.324 e. The molecule has 1 amide bonds. The van der Waals surface area contributed by atoms with E-state index in [-0.39, 0.29) is 11.2 Å². The number of amides is 1. The lowest BCUT2D eigenvalue weighted by atomic mass is 10.2. The van der Waals surface area contributed by atoms with Crippen LogP contribution in [0.15, 0.2) is 45.2 Å². The molecule has 0 spiro atoms. The quantitative estimate of drug-likeness (QED) is 0.562. The summed E-state index contributed by atoms with van der Waals surface area (Å²) < 4.78 is 1.77. The first-order valence-electron chi connectivity index (χ1n) is 8.30. The van der Waals surface area contributed by atoms with Gasteiger partial charge < -0.3 is 5.32 Å². The predicted octanol–water partition coefficient (Wildman–Crippen LogP) is 4.95. The molecule has 1 unspecified atom stereocenters. The highest BCUT2D eigenvalue weighted by atomic mass is 32.2. The van der Waals surface area contributed by atoms with E-state index in [0.717, 1.165) is 31.0 Å². The fraction of sp³-hybridized carbons (Fsp3) is 0.333. The first-order valence-corrected chi connectivity index (χ1v) is 11.0. The predicted molar refractivity (Wildman–Crippen MR) is 111 cm³/mol. The number of nitrogens with one attached hydrogen (secondary N) is 1. The number of aromatic nitrogens is 3. The molecule has 0 saturated carbocycles. The van der Waals surface area contributed by atoms with Crippen molar-refractivity contribution in [3.05, 3.63) is 36.5 Å². The van der Waals surface area contributed by atoms with Gasteiger partial charge >= 0.3 is 0 Å². The number of fused-ring (bicyclic) bond motifs is 1. The second-order valence-electron chi connectivity index (χ2n) is 6.16. The summed E-state index contributed by atoms with van der Waals surface area (Å²) in [5.41, 5.74) is 1.64. The third-order valence-electron chi connectivity index (χ3n) is 3.48. The van der Waals surface area contributed by atoms with Crippen molar-refractivity contribution in [3.8, 4) is 0 Å². The summed E-state index contributed by atoms with van der Waals surface area (Å²) in [4.78, 5) is 16.9. The third kappa shape index (κ3) is 4.96. The van der Waals surface area contributed by atoms with E-state index in [1.807, 2.05) is 37.3 Å². The maximum Gasteiger partial charge on any atom is 0.237 e. The first-order chi connectivity index (χ1) is 12.5. The van der Waals surface area contributed by atoms with E-state index >= 15 is 0 Å². The molecule has 2 aromatic heterocycles. The van der Waals surface area contributed by atoms with Gasteiger partial charge in [0.05, 0.1) is 16.5 Å². The Morgan fingerprint density at radius 1 is 1.15 bits per heavy atom. The average molecular weight is 405 g/mol. The van der Waals surface area contributed by atoms with Crippen molar-refractivity contribution in [2.24, 2.45) is 5.92 Å². The second kappa shape index (κ2) is 8.83. The number of benzene rings is 1. The van der Waals surface area contributed by atoms with Crippen LogP contribution in [0.2, 0.25) is 0 Å². The summed E-state index contributed by atoms with van der Waals surface area (Å²) in [5.74, 6) is 1.57. The van der Waals surface area contributed by atoms with Gasteiger partial charge in [-0.2, -0.15) is 0 Å². The summed E-state index contributed by atoms with van der Waals surface area (Å²) in [6.07, 6.45) is 1.75. The molecule has 3 rings (SSSR count). The van der Waals surface area contributed by atoms with Crippen LogP contribution in [0.4, 0.5) is 5.69 Å². The molecule has 26 heavy (non-hydrogen) atoms. The molecular weight excluding hydrogens is 384 g/mol. The Balaban J connectivity index is 1.63. The molecule has 0 saturated heterocycles. The Morgan fingerprint density at radius 3 is 2.77 bits per heavy atom. The molecule has 0 aliphatic carbocycles. The van der Waals surface area contributed by atoms with E-state index in [0.29, 0.717) is 5.92 Å². The highest BCUT2D eigenvalue weighted by Gasteiger charge is 2.18. The normalized spacial score (nSPS) is 12.5. The lowest BCUT2D eigenvalue weighted by Crippen LogP contribution is -2.22. The highest BCUT2D eigenvalue weighted by Crippen LogP contribution is 2.32. The van der Waals surface area contributed by atoms with Gasteiger partial charge in [0.2, 0.25) is 5.91 Å². The molecule has 1 aromatic carbocycles. The van der Waals surface area contributed by atoms with E-state index < -0.39 is 0 Å². The zero-order chi connectivity index (χ0) is 18.5. The summed E-state index contributed by atoms with van der Waals surface area (Å²) in [7, 11) is 0. The van der Waals surface area contributed by atoms with Gasteiger partial charge in [0.15, 0.2) is 8.68 Å². The van der Waals surface area contributed by atoms with Gasteiger partial charge in [0.25, 0.3) is 0 Å². The topological polar surface area (TPSA) is 67.8 Å². The number of hydrogen-bond acceptors (Lipinski definition) is 7. The van der Waals surface area contributed by atoms with E-state index in [1.54, 1.807) is 29.3 Å². The Morgan fingerprint density at radius 2 is 1.96 bits per heavy atom. The number of hydrogen-bond donors (Lipinski definition) is 1. The molecule has 0 aliphatic rings. The molecule has 0 bridgehead atoms. The van der Waals surface area contributed by atoms with Crippen LogP contribution < -0.4 is 5.32 Å². The SMILES string of the molecule is CC(C)CSc1nnc(SC(C)C(=O)Nc2cccc3ncccc23)s1. The lowest BCUT2D eigenvalue weighted by Gasteiger charge is -2.12. The minimum absolute atomic E-state index is 0.0575. The van der Waals surface area contributed by atoms with Gasteiger partial charge in [0, 0.05) is 17.3 Å². The Bertz CT molecular complexity index is 892. The van der Waals surface area contributed by atoms with E-state index in [4.69, 9.17) is 0 Å². The molecule has 2 heterocycles. The van der Waals surface area contributed by atoms with E-state index in [9.17, 15) is 4.79 Å². The van der Waals surface area contributed by atoms with E-state index in [1.165, 1.54) is 11.8 Å². The Kier molecular flexibility index (Phi) is 6.50. The molecule has 1 atom stereocenters. The van der Waals surface area contributed by atoms with Gasteiger partial charge in [0.1, 0.15) is 0 Å². The third-order valence-corrected chi connectivity index (χ3v) is 7.15. The van der Waals surface area contributed by atoms with Crippen LogP contribution in [0.5, 0.6) is 0 Å². The number of carbonyl (C=O) groups is 1. The summed E-state index contributed by atoms with van der Waals surface area (Å²) in [6.45, 7) is 6.24. The van der Waals surface area contributed by atoms with Crippen molar-refractivity contribution in [2.75, 3.05) is 11.1 Å². The molecule has 136 valence electrons. The maximum atomic E-state index is 12.6. The first kappa shape index (κ1) is 19.1. The number of rotatable bonds is 7. The van der Waals surface area contributed by atoms with Gasteiger partial charge in [-0.3, -0.25) is 9.78 Å². The summed E-state index contributed by atoms with van der Waals surface area (Å²) in [6, 6.07) is 9.55. The molecule has 0 fully saturated rings. The van der Waals surface area contributed by atoms with E-state index in [2.05, 4.69) is 34.3 Å². The van der Waals surface area contributed by atoms with Gasteiger partial charge in [-0.1, -0.05) is 54.8 Å². The van der Waals surface area contributed by atoms with Crippen molar-refractivity contribution in [1.29, 1.82) is 0 Å².